The van der Waals surface area contributed by atoms with Crippen LogP contribution in [0.15, 0.2) is 34.7 Å². The van der Waals surface area contributed by atoms with Crippen LogP contribution >= 0.6 is 0 Å². The first kappa shape index (κ1) is 9.46. The summed E-state index contributed by atoms with van der Waals surface area (Å²) in [6.45, 7) is 6.27. The van der Waals surface area contributed by atoms with Gasteiger partial charge in [-0.1, -0.05) is 29.8 Å². The number of rotatable bonds is 0. The summed E-state index contributed by atoms with van der Waals surface area (Å²) >= 11 is 0. The quantitative estimate of drug-likeness (QED) is 0.532. The van der Waals surface area contributed by atoms with Gasteiger partial charge < -0.3 is 4.42 Å². The third-order valence-corrected chi connectivity index (χ3v) is 3.30. The molecule has 3 aromatic rings. The van der Waals surface area contributed by atoms with E-state index in [1.165, 1.54) is 27.3 Å². The third kappa shape index (κ3) is 1.18. The van der Waals surface area contributed by atoms with Gasteiger partial charge in [-0.2, -0.15) is 0 Å². The first-order valence-corrected chi connectivity index (χ1v) is 5.56. The van der Waals surface area contributed by atoms with Crippen LogP contribution in [0.4, 0.5) is 0 Å². The Bertz CT molecular complexity index is 689. The van der Waals surface area contributed by atoms with Gasteiger partial charge in [0.1, 0.15) is 11.3 Å². The minimum atomic E-state index is 0.992. The van der Waals surface area contributed by atoms with E-state index in [0.29, 0.717) is 0 Å². The van der Waals surface area contributed by atoms with Crippen LogP contribution in [0.25, 0.3) is 21.7 Å². The summed E-state index contributed by atoms with van der Waals surface area (Å²) in [5.74, 6) is 1.02. The van der Waals surface area contributed by atoms with Crippen LogP contribution in [0, 0.1) is 20.8 Å². The zero-order valence-electron chi connectivity index (χ0n) is 9.79. The predicted molar refractivity (Wildman–Crippen MR) is 67.9 cm³/mol. The van der Waals surface area contributed by atoms with E-state index >= 15 is 0 Å². The number of hydrogen-bond acceptors (Lipinski definition) is 1. The maximum atomic E-state index is 5.74. The van der Waals surface area contributed by atoms with E-state index in [2.05, 4.69) is 44.2 Å². The van der Waals surface area contributed by atoms with Crippen molar-refractivity contribution in [3.05, 3.63) is 47.2 Å². The van der Waals surface area contributed by atoms with Crippen LogP contribution in [-0.4, -0.2) is 0 Å². The largest absolute Gasteiger partial charge is 0.461 e. The van der Waals surface area contributed by atoms with Crippen molar-refractivity contribution < 1.29 is 4.42 Å². The van der Waals surface area contributed by atoms with Crippen molar-refractivity contribution in [2.75, 3.05) is 0 Å². The summed E-state index contributed by atoms with van der Waals surface area (Å²) in [6.07, 6.45) is 0. The molecule has 0 aliphatic heterocycles. The smallest absolute Gasteiger partial charge is 0.135 e. The van der Waals surface area contributed by atoms with Crippen LogP contribution in [0.5, 0.6) is 0 Å². The van der Waals surface area contributed by atoms with E-state index in [0.717, 1.165) is 11.3 Å². The number of benzene rings is 2. The molecule has 16 heavy (non-hydrogen) atoms. The van der Waals surface area contributed by atoms with Gasteiger partial charge in [-0.15, -0.1) is 0 Å². The molecule has 3 rings (SSSR count). The molecule has 0 spiro atoms. The standard InChI is InChI=1S/C15H14O/c1-9-4-6-13-12(8-9)5-7-14-15(13)10(2)11(3)16-14/h4-8H,1-3H3. The van der Waals surface area contributed by atoms with Gasteiger partial charge >= 0.3 is 0 Å². The van der Waals surface area contributed by atoms with Crippen molar-refractivity contribution in [2.45, 2.75) is 20.8 Å². The summed E-state index contributed by atoms with van der Waals surface area (Å²) in [7, 11) is 0. The minimum absolute atomic E-state index is 0.992. The number of furan rings is 1. The van der Waals surface area contributed by atoms with Crippen molar-refractivity contribution in [1.29, 1.82) is 0 Å². The molecule has 0 radical (unpaired) electrons. The number of aryl methyl sites for hydroxylation is 3. The monoisotopic (exact) mass is 210 g/mol. The highest BCUT2D eigenvalue weighted by Crippen LogP contribution is 2.32. The molecule has 0 aliphatic rings. The molecule has 80 valence electrons. The van der Waals surface area contributed by atoms with Crippen molar-refractivity contribution >= 4 is 21.7 Å². The van der Waals surface area contributed by atoms with Crippen LogP contribution in [-0.2, 0) is 0 Å². The Labute approximate surface area is 94.7 Å². The molecule has 0 saturated carbocycles. The lowest BCUT2D eigenvalue weighted by Crippen LogP contribution is -1.78. The fourth-order valence-corrected chi connectivity index (χ4v) is 2.32. The highest BCUT2D eigenvalue weighted by Gasteiger charge is 2.09. The molecule has 0 fully saturated rings. The van der Waals surface area contributed by atoms with Crippen molar-refractivity contribution in [3.63, 3.8) is 0 Å². The molecule has 1 heteroatoms. The normalized spacial score (nSPS) is 11.4. The maximum absolute atomic E-state index is 5.74. The topological polar surface area (TPSA) is 13.1 Å². The fourth-order valence-electron chi connectivity index (χ4n) is 2.32. The first-order valence-electron chi connectivity index (χ1n) is 5.56. The number of hydrogen-bond donors (Lipinski definition) is 0. The molecule has 0 aliphatic carbocycles. The molecule has 0 N–H and O–H groups in total. The molecule has 2 aromatic carbocycles. The van der Waals surface area contributed by atoms with Gasteiger partial charge in [-0.05, 0) is 43.2 Å². The van der Waals surface area contributed by atoms with Crippen LogP contribution < -0.4 is 0 Å². The lowest BCUT2D eigenvalue weighted by atomic mass is 10.0. The Morgan fingerprint density at radius 3 is 2.56 bits per heavy atom. The van der Waals surface area contributed by atoms with Crippen LogP contribution in [0.2, 0.25) is 0 Å². The summed E-state index contributed by atoms with van der Waals surface area (Å²) in [6, 6.07) is 10.8. The SMILES string of the molecule is Cc1ccc2c(ccc3oc(C)c(C)c32)c1. The zero-order chi connectivity index (χ0) is 11.3. The number of fused-ring (bicyclic) bond motifs is 3. The molecule has 0 amide bonds. The van der Waals surface area contributed by atoms with E-state index in [9.17, 15) is 0 Å². The molecule has 1 heterocycles. The maximum Gasteiger partial charge on any atom is 0.135 e. The summed E-state index contributed by atoms with van der Waals surface area (Å²) in [5, 5.41) is 3.84. The second-order valence-electron chi connectivity index (χ2n) is 4.45. The highest BCUT2D eigenvalue weighted by atomic mass is 16.3. The summed E-state index contributed by atoms with van der Waals surface area (Å²) in [4.78, 5) is 0. The Morgan fingerprint density at radius 1 is 0.938 bits per heavy atom. The van der Waals surface area contributed by atoms with Gasteiger partial charge in [-0.25, -0.2) is 0 Å². The first-order chi connectivity index (χ1) is 7.66. The van der Waals surface area contributed by atoms with E-state index in [-0.39, 0.29) is 0 Å². The zero-order valence-corrected chi connectivity index (χ0v) is 9.79. The van der Waals surface area contributed by atoms with Crippen molar-refractivity contribution in [1.82, 2.24) is 0 Å². The summed E-state index contributed by atoms with van der Waals surface area (Å²) < 4.78 is 5.74. The van der Waals surface area contributed by atoms with Gasteiger partial charge in [0.15, 0.2) is 0 Å². The van der Waals surface area contributed by atoms with Crippen LogP contribution in [0.3, 0.4) is 0 Å². The molecule has 1 aromatic heterocycles. The Balaban J connectivity index is 2.57. The second-order valence-corrected chi connectivity index (χ2v) is 4.45. The Hall–Kier alpha value is -1.76. The molecule has 0 bridgehead atoms. The Kier molecular flexibility index (Phi) is 1.84. The predicted octanol–water partition coefficient (Wildman–Crippen LogP) is 4.51. The molecule has 0 atom stereocenters. The molecular formula is C15H14O. The average molecular weight is 210 g/mol. The van der Waals surface area contributed by atoms with Gasteiger partial charge in [0, 0.05) is 5.39 Å². The van der Waals surface area contributed by atoms with Gasteiger partial charge in [0.05, 0.1) is 0 Å². The lowest BCUT2D eigenvalue weighted by Gasteiger charge is -2.01. The molecule has 1 nitrogen and oxygen atoms in total. The van der Waals surface area contributed by atoms with Crippen LogP contribution in [0.1, 0.15) is 16.9 Å². The van der Waals surface area contributed by atoms with Crippen molar-refractivity contribution in [3.8, 4) is 0 Å². The van der Waals surface area contributed by atoms with E-state index in [1.54, 1.807) is 0 Å². The molecular weight excluding hydrogens is 196 g/mol. The highest BCUT2D eigenvalue weighted by molar-refractivity contribution is 6.07. The average Bonchev–Trinajstić information content (AvgIpc) is 2.55. The summed E-state index contributed by atoms with van der Waals surface area (Å²) in [5.41, 5.74) is 3.54. The molecule has 0 unspecified atom stereocenters. The Morgan fingerprint density at radius 2 is 1.75 bits per heavy atom. The van der Waals surface area contributed by atoms with Crippen molar-refractivity contribution in [2.24, 2.45) is 0 Å². The van der Waals surface area contributed by atoms with Gasteiger partial charge in [0.2, 0.25) is 0 Å². The third-order valence-electron chi connectivity index (χ3n) is 3.30. The van der Waals surface area contributed by atoms with E-state index in [1.807, 2.05) is 6.92 Å². The van der Waals surface area contributed by atoms with E-state index < -0.39 is 0 Å². The van der Waals surface area contributed by atoms with Gasteiger partial charge in [0.25, 0.3) is 0 Å². The fraction of sp³-hybridized carbons (Fsp3) is 0.200. The van der Waals surface area contributed by atoms with Gasteiger partial charge in [-0.3, -0.25) is 0 Å². The van der Waals surface area contributed by atoms with E-state index in [4.69, 9.17) is 4.42 Å². The lowest BCUT2D eigenvalue weighted by molar-refractivity contribution is 0.575. The minimum Gasteiger partial charge on any atom is -0.461 e. The molecule has 0 saturated heterocycles. The second kappa shape index (κ2) is 3.11.